The molecular formula is C14H18N2O3. The summed E-state index contributed by atoms with van der Waals surface area (Å²) in [6.45, 7) is 3.27. The lowest BCUT2D eigenvalue weighted by Gasteiger charge is -2.35. The molecule has 102 valence electrons. The van der Waals surface area contributed by atoms with Crippen LogP contribution in [-0.4, -0.2) is 35.8 Å². The summed E-state index contributed by atoms with van der Waals surface area (Å²) in [4.78, 5) is 26.2. The average molecular weight is 262 g/mol. The van der Waals surface area contributed by atoms with Crippen LogP contribution >= 0.6 is 0 Å². The van der Waals surface area contributed by atoms with E-state index < -0.39 is 0 Å². The number of rotatable bonds is 2. The molecule has 0 aromatic carbocycles. The Labute approximate surface area is 111 Å². The van der Waals surface area contributed by atoms with Gasteiger partial charge in [0.1, 0.15) is 5.76 Å². The van der Waals surface area contributed by atoms with E-state index in [2.05, 4.69) is 5.32 Å². The first-order valence-electron chi connectivity index (χ1n) is 6.87. The van der Waals surface area contributed by atoms with Crippen molar-refractivity contribution in [3.63, 3.8) is 0 Å². The van der Waals surface area contributed by atoms with Crippen molar-refractivity contribution in [3.8, 4) is 0 Å². The summed E-state index contributed by atoms with van der Waals surface area (Å²) in [5.41, 5.74) is 0.641. The average Bonchev–Trinajstić information content (AvgIpc) is 3.05. The number of piperidine rings is 1. The van der Waals surface area contributed by atoms with Crippen molar-refractivity contribution in [1.82, 2.24) is 10.2 Å². The monoisotopic (exact) mass is 262 g/mol. The van der Waals surface area contributed by atoms with Crippen LogP contribution < -0.4 is 5.32 Å². The Hall–Kier alpha value is -1.78. The summed E-state index contributed by atoms with van der Waals surface area (Å²) in [6, 6.07) is 1.74. The van der Waals surface area contributed by atoms with Crippen LogP contribution in [0.1, 0.15) is 35.9 Å². The molecule has 2 fully saturated rings. The summed E-state index contributed by atoms with van der Waals surface area (Å²) in [7, 11) is 0. The van der Waals surface area contributed by atoms with E-state index in [0.717, 1.165) is 25.1 Å². The van der Waals surface area contributed by atoms with Gasteiger partial charge in [0, 0.05) is 19.5 Å². The minimum absolute atomic E-state index is 0.00296. The van der Waals surface area contributed by atoms with Gasteiger partial charge in [-0.05, 0) is 18.9 Å². The van der Waals surface area contributed by atoms with E-state index in [1.165, 1.54) is 0 Å². The van der Waals surface area contributed by atoms with Crippen LogP contribution in [0, 0.1) is 5.92 Å². The summed E-state index contributed by atoms with van der Waals surface area (Å²) >= 11 is 0. The highest BCUT2D eigenvalue weighted by molar-refractivity contribution is 5.96. The van der Waals surface area contributed by atoms with Gasteiger partial charge in [0.2, 0.25) is 5.91 Å². The zero-order valence-corrected chi connectivity index (χ0v) is 11.0. The second-order valence-electron chi connectivity index (χ2n) is 5.17. The Kier molecular flexibility index (Phi) is 3.05. The van der Waals surface area contributed by atoms with Gasteiger partial charge in [0.15, 0.2) is 0 Å². The van der Waals surface area contributed by atoms with Gasteiger partial charge in [0.05, 0.1) is 23.8 Å². The SMILES string of the molecule is CCc1occc1C(=O)N1CCC[C@H]2C(=O)NC[C@H]21. The van der Waals surface area contributed by atoms with Crippen molar-refractivity contribution >= 4 is 11.8 Å². The number of nitrogens with one attached hydrogen (secondary N) is 1. The molecule has 2 atom stereocenters. The molecule has 1 aromatic rings. The third-order valence-corrected chi connectivity index (χ3v) is 4.16. The maximum Gasteiger partial charge on any atom is 0.257 e. The number of hydrogen-bond donors (Lipinski definition) is 1. The Balaban J connectivity index is 1.85. The Bertz CT molecular complexity index is 509. The van der Waals surface area contributed by atoms with Gasteiger partial charge >= 0.3 is 0 Å². The fourth-order valence-corrected chi connectivity index (χ4v) is 3.16. The van der Waals surface area contributed by atoms with Gasteiger partial charge in [-0.25, -0.2) is 0 Å². The van der Waals surface area contributed by atoms with E-state index in [9.17, 15) is 9.59 Å². The minimum Gasteiger partial charge on any atom is -0.469 e. The molecule has 2 amide bonds. The van der Waals surface area contributed by atoms with Gasteiger partial charge in [-0.1, -0.05) is 6.92 Å². The summed E-state index contributed by atoms with van der Waals surface area (Å²) in [6.07, 6.45) is 4.03. The molecule has 5 heteroatoms. The normalized spacial score (nSPS) is 26.2. The van der Waals surface area contributed by atoms with E-state index in [-0.39, 0.29) is 23.8 Å². The van der Waals surface area contributed by atoms with Crippen molar-refractivity contribution in [2.45, 2.75) is 32.2 Å². The number of fused-ring (bicyclic) bond motifs is 1. The minimum atomic E-state index is -0.0327. The van der Waals surface area contributed by atoms with Crippen LogP contribution in [0.2, 0.25) is 0 Å². The van der Waals surface area contributed by atoms with E-state index >= 15 is 0 Å². The van der Waals surface area contributed by atoms with Gasteiger partial charge in [-0.15, -0.1) is 0 Å². The molecule has 0 aliphatic carbocycles. The molecule has 2 aliphatic rings. The van der Waals surface area contributed by atoms with Crippen molar-refractivity contribution < 1.29 is 14.0 Å². The predicted octanol–water partition coefficient (Wildman–Crippen LogP) is 1.19. The lowest BCUT2D eigenvalue weighted by atomic mass is 9.91. The molecule has 2 saturated heterocycles. The third-order valence-electron chi connectivity index (χ3n) is 4.16. The fraction of sp³-hybridized carbons (Fsp3) is 0.571. The number of furan rings is 1. The number of carbonyl (C=O) groups is 2. The van der Waals surface area contributed by atoms with Crippen LogP contribution in [0.5, 0.6) is 0 Å². The van der Waals surface area contributed by atoms with E-state index in [0.29, 0.717) is 18.5 Å². The van der Waals surface area contributed by atoms with E-state index in [4.69, 9.17) is 4.42 Å². The number of hydrogen-bond acceptors (Lipinski definition) is 3. The van der Waals surface area contributed by atoms with Gasteiger partial charge < -0.3 is 14.6 Å². The number of aryl methyl sites for hydroxylation is 1. The number of likely N-dealkylation sites (tertiary alicyclic amines) is 1. The quantitative estimate of drug-likeness (QED) is 0.871. The molecule has 1 N–H and O–H groups in total. The molecule has 0 saturated carbocycles. The molecule has 1 aromatic heterocycles. The van der Waals surface area contributed by atoms with Crippen molar-refractivity contribution in [3.05, 3.63) is 23.7 Å². The van der Waals surface area contributed by atoms with Crippen molar-refractivity contribution in [1.29, 1.82) is 0 Å². The molecule has 5 nitrogen and oxygen atoms in total. The molecule has 3 rings (SSSR count). The molecule has 0 spiro atoms. The Morgan fingerprint density at radius 2 is 2.42 bits per heavy atom. The molecule has 19 heavy (non-hydrogen) atoms. The highest BCUT2D eigenvalue weighted by Gasteiger charge is 2.43. The molecular weight excluding hydrogens is 244 g/mol. The molecule has 0 bridgehead atoms. The van der Waals surface area contributed by atoms with Crippen molar-refractivity contribution in [2.24, 2.45) is 5.92 Å². The maximum absolute atomic E-state index is 12.6. The lowest BCUT2D eigenvalue weighted by molar-refractivity contribution is -0.123. The van der Waals surface area contributed by atoms with Crippen LogP contribution in [0.25, 0.3) is 0 Å². The standard InChI is InChI=1S/C14H18N2O3/c1-2-12-10(5-7-19-12)14(18)16-6-3-4-9-11(16)8-15-13(9)17/h5,7,9,11H,2-4,6,8H2,1H3,(H,15,17)/t9-,11-/m1/s1. The second kappa shape index (κ2) is 4.72. The first-order valence-corrected chi connectivity index (χ1v) is 6.87. The van der Waals surface area contributed by atoms with E-state index in [1.807, 2.05) is 11.8 Å². The lowest BCUT2D eigenvalue weighted by Crippen LogP contribution is -2.48. The molecule has 0 radical (unpaired) electrons. The topological polar surface area (TPSA) is 62.6 Å². The number of carbonyl (C=O) groups excluding carboxylic acids is 2. The first kappa shape index (κ1) is 12.3. The maximum atomic E-state index is 12.6. The smallest absolute Gasteiger partial charge is 0.257 e. The fourth-order valence-electron chi connectivity index (χ4n) is 3.16. The van der Waals surface area contributed by atoms with Crippen molar-refractivity contribution in [2.75, 3.05) is 13.1 Å². The second-order valence-corrected chi connectivity index (χ2v) is 5.17. The highest BCUT2D eigenvalue weighted by atomic mass is 16.3. The summed E-state index contributed by atoms with van der Waals surface area (Å²) in [5, 5.41) is 2.86. The van der Waals surface area contributed by atoms with Crippen LogP contribution in [0.3, 0.4) is 0 Å². The summed E-state index contributed by atoms with van der Waals surface area (Å²) < 4.78 is 5.33. The Morgan fingerprint density at radius 1 is 1.58 bits per heavy atom. The third kappa shape index (κ3) is 1.93. The number of nitrogens with zero attached hydrogens (tertiary/aromatic N) is 1. The largest absolute Gasteiger partial charge is 0.469 e. The Morgan fingerprint density at radius 3 is 3.21 bits per heavy atom. The molecule has 2 aliphatic heterocycles. The number of amides is 2. The van der Waals surface area contributed by atoms with Crippen LogP contribution in [0.4, 0.5) is 0 Å². The van der Waals surface area contributed by atoms with Gasteiger partial charge in [-0.3, -0.25) is 9.59 Å². The summed E-state index contributed by atoms with van der Waals surface area (Å²) in [5.74, 6) is 0.779. The van der Waals surface area contributed by atoms with Gasteiger partial charge in [-0.2, -0.15) is 0 Å². The highest BCUT2D eigenvalue weighted by Crippen LogP contribution is 2.29. The van der Waals surface area contributed by atoms with E-state index in [1.54, 1.807) is 12.3 Å². The first-order chi connectivity index (χ1) is 9.22. The van der Waals surface area contributed by atoms with Gasteiger partial charge in [0.25, 0.3) is 5.91 Å². The van der Waals surface area contributed by atoms with Crippen LogP contribution in [-0.2, 0) is 11.2 Å². The zero-order valence-electron chi connectivity index (χ0n) is 11.0. The van der Waals surface area contributed by atoms with Crippen LogP contribution in [0.15, 0.2) is 16.7 Å². The molecule has 3 heterocycles. The zero-order chi connectivity index (χ0) is 13.4. The molecule has 0 unspecified atom stereocenters. The predicted molar refractivity (Wildman–Crippen MR) is 68.6 cm³/mol.